The fourth-order valence-corrected chi connectivity index (χ4v) is 2.97. The Balaban J connectivity index is 1.72. The Kier molecular flexibility index (Phi) is 5.06. The van der Waals surface area contributed by atoms with Crippen LogP contribution >= 0.6 is 11.6 Å². The second-order valence-corrected chi connectivity index (χ2v) is 6.85. The number of quaternary nitrogens is 1. The lowest BCUT2D eigenvalue weighted by molar-refractivity contribution is -0.901. The average Bonchev–Trinajstić information content (AvgIpc) is 2.82. The van der Waals surface area contributed by atoms with Gasteiger partial charge in [-0.25, -0.2) is 14.6 Å². The van der Waals surface area contributed by atoms with E-state index < -0.39 is 17.8 Å². The summed E-state index contributed by atoms with van der Waals surface area (Å²) in [6, 6.07) is 13.7. The summed E-state index contributed by atoms with van der Waals surface area (Å²) in [5.74, 6) is -1.62. The molecule has 7 heteroatoms. The molecule has 0 radical (unpaired) electrons. The highest BCUT2D eigenvalue weighted by molar-refractivity contribution is 6.52. The molecule has 1 saturated heterocycles. The summed E-state index contributed by atoms with van der Waals surface area (Å²) >= 11 is 5.88. The number of halogens is 1. The quantitative estimate of drug-likeness (QED) is 0.640. The van der Waals surface area contributed by atoms with Crippen LogP contribution in [0.15, 0.2) is 48.5 Å². The molecule has 6 nitrogen and oxygen atoms in total. The Morgan fingerprint density at radius 1 is 0.923 bits per heavy atom. The second kappa shape index (κ2) is 7.27. The summed E-state index contributed by atoms with van der Waals surface area (Å²) in [5, 5.41) is 0.649. The van der Waals surface area contributed by atoms with E-state index in [1.165, 1.54) is 0 Å². The third-order valence-electron chi connectivity index (χ3n) is 4.19. The number of nitrogens with one attached hydrogen (secondary N) is 1. The zero-order valence-corrected chi connectivity index (χ0v) is 15.3. The van der Waals surface area contributed by atoms with Gasteiger partial charge in [0.15, 0.2) is 6.67 Å². The van der Waals surface area contributed by atoms with Crippen LogP contribution < -0.4 is 9.80 Å². The summed E-state index contributed by atoms with van der Waals surface area (Å²) in [6.45, 7) is 2.60. The fourth-order valence-electron chi connectivity index (χ4n) is 2.84. The zero-order chi connectivity index (χ0) is 18.8. The number of carbonyl (C=O) groups excluding carboxylic acids is 3. The summed E-state index contributed by atoms with van der Waals surface area (Å²) in [5.41, 5.74) is 2.42. The van der Waals surface area contributed by atoms with Gasteiger partial charge < -0.3 is 4.90 Å². The molecule has 0 aromatic heterocycles. The van der Waals surface area contributed by atoms with Crippen LogP contribution in [0.2, 0.25) is 5.02 Å². The van der Waals surface area contributed by atoms with E-state index in [1.54, 1.807) is 36.4 Å². The van der Waals surface area contributed by atoms with Crippen LogP contribution in [0.1, 0.15) is 11.1 Å². The Labute approximate surface area is 156 Å². The van der Waals surface area contributed by atoms with Gasteiger partial charge in [0, 0.05) is 10.6 Å². The standard InChI is InChI=1S/C19H18ClN3O3/c1-13-3-9-16(10-4-13)23-18(25)17(24)22(19(23)26)12-21(2)11-14-5-7-15(20)8-6-14/h3-10H,11-12H2,1-2H3/p+1. The minimum absolute atomic E-state index is 0.106. The average molecular weight is 373 g/mol. The topological polar surface area (TPSA) is 62.1 Å². The molecule has 2 aromatic rings. The van der Waals surface area contributed by atoms with Gasteiger partial charge in [-0.05, 0) is 31.2 Å². The first-order valence-corrected chi connectivity index (χ1v) is 8.57. The van der Waals surface area contributed by atoms with E-state index >= 15 is 0 Å². The minimum atomic E-state index is -0.821. The van der Waals surface area contributed by atoms with Crippen LogP contribution in [0.4, 0.5) is 10.5 Å². The van der Waals surface area contributed by atoms with Crippen molar-refractivity contribution in [3.05, 3.63) is 64.7 Å². The van der Waals surface area contributed by atoms with Crippen LogP contribution in [0.5, 0.6) is 0 Å². The smallest absolute Gasteiger partial charge is 0.316 e. The van der Waals surface area contributed by atoms with E-state index in [4.69, 9.17) is 11.6 Å². The number of aryl methyl sites for hydroxylation is 1. The van der Waals surface area contributed by atoms with Crippen LogP contribution in [0, 0.1) is 6.92 Å². The normalized spacial score (nSPS) is 15.7. The molecule has 1 N–H and O–H groups in total. The predicted molar refractivity (Wildman–Crippen MR) is 97.8 cm³/mol. The molecule has 0 saturated carbocycles. The maximum atomic E-state index is 12.6. The third-order valence-corrected chi connectivity index (χ3v) is 4.44. The first-order valence-electron chi connectivity index (χ1n) is 8.19. The highest BCUT2D eigenvalue weighted by Crippen LogP contribution is 2.22. The van der Waals surface area contributed by atoms with Crippen molar-refractivity contribution in [2.45, 2.75) is 13.5 Å². The highest BCUT2D eigenvalue weighted by atomic mass is 35.5. The number of amides is 4. The van der Waals surface area contributed by atoms with Gasteiger partial charge in [-0.2, -0.15) is 0 Å². The summed E-state index contributed by atoms with van der Waals surface area (Å²) in [6.07, 6.45) is 0. The Bertz CT molecular complexity index is 849. The zero-order valence-electron chi connectivity index (χ0n) is 14.5. The van der Waals surface area contributed by atoms with Gasteiger partial charge in [0.1, 0.15) is 6.54 Å². The van der Waals surface area contributed by atoms with E-state index in [9.17, 15) is 14.4 Å². The van der Waals surface area contributed by atoms with Gasteiger partial charge in [-0.3, -0.25) is 9.59 Å². The number of carbonyl (C=O) groups is 3. The van der Waals surface area contributed by atoms with Crippen molar-refractivity contribution in [2.24, 2.45) is 0 Å². The predicted octanol–water partition coefficient (Wildman–Crippen LogP) is 1.62. The van der Waals surface area contributed by atoms with Crippen LogP contribution in [0.25, 0.3) is 0 Å². The van der Waals surface area contributed by atoms with Crippen molar-refractivity contribution in [3.63, 3.8) is 0 Å². The summed E-state index contributed by atoms with van der Waals surface area (Å²) in [4.78, 5) is 40.0. The molecule has 0 bridgehead atoms. The van der Waals surface area contributed by atoms with Crippen molar-refractivity contribution < 1.29 is 19.3 Å². The number of anilines is 1. The number of hydrogen-bond acceptors (Lipinski definition) is 3. The van der Waals surface area contributed by atoms with Crippen LogP contribution in [-0.2, 0) is 16.1 Å². The molecule has 3 rings (SSSR count). The van der Waals surface area contributed by atoms with Gasteiger partial charge in [0.2, 0.25) is 0 Å². The fraction of sp³-hybridized carbons (Fsp3) is 0.211. The van der Waals surface area contributed by atoms with Gasteiger partial charge in [-0.15, -0.1) is 0 Å². The molecule has 26 heavy (non-hydrogen) atoms. The Hall–Kier alpha value is -2.70. The van der Waals surface area contributed by atoms with Crippen LogP contribution in [-0.4, -0.2) is 36.5 Å². The molecule has 1 aliphatic heterocycles. The Morgan fingerprint density at radius 2 is 1.54 bits per heavy atom. The molecular weight excluding hydrogens is 354 g/mol. The maximum absolute atomic E-state index is 12.6. The van der Waals surface area contributed by atoms with Crippen molar-refractivity contribution in [3.8, 4) is 0 Å². The number of imide groups is 2. The molecule has 1 fully saturated rings. The Morgan fingerprint density at radius 3 is 2.15 bits per heavy atom. The molecule has 1 atom stereocenters. The lowest BCUT2D eigenvalue weighted by Gasteiger charge is -2.20. The van der Waals surface area contributed by atoms with Crippen molar-refractivity contribution in [1.29, 1.82) is 0 Å². The molecule has 1 heterocycles. The van der Waals surface area contributed by atoms with E-state index in [2.05, 4.69) is 0 Å². The minimum Gasteiger partial charge on any atom is -0.316 e. The summed E-state index contributed by atoms with van der Waals surface area (Å²) in [7, 11) is 1.86. The molecule has 0 aliphatic carbocycles. The van der Waals surface area contributed by atoms with Gasteiger partial charge in [-0.1, -0.05) is 41.4 Å². The van der Waals surface area contributed by atoms with E-state index in [0.29, 0.717) is 17.3 Å². The van der Waals surface area contributed by atoms with E-state index in [-0.39, 0.29) is 6.67 Å². The van der Waals surface area contributed by atoms with Gasteiger partial charge in [0.25, 0.3) is 0 Å². The maximum Gasteiger partial charge on any atom is 0.343 e. The van der Waals surface area contributed by atoms with E-state index in [0.717, 1.165) is 25.8 Å². The monoisotopic (exact) mass is 372 g/mol. The number of hydrogen-bond donors (Lipinski definition) is 1. The van der Waals surface area contributed by atoms with Crippen molar-refractivity contribution in [2.75, 3.05) is 18.6 Å². The first kappa shape index (κ1) is 18.1. The van der Waals surface area contributed by atoms with Gasteiger partial charge >= 0.3 is 17.8 Å². The molecule has 0 spiro atoms. The summed E-state index contributed by atoms with van der Waals surface area (Å²) < 4.78 is 0. The lowest BCUT2D eigenvalue weighted by Crippen LogP contribution is -3.09. The molecule has 134 valence electrons. The molecule has 4 amide bonds. The molecular formula is C19H19ClN3O3+. The first-order chi connectivity index (χ1) is 12.4. The van der Waals surface area contributed by atoms with Gasteiger partial charge in [0.05, 0.1) is 12.7 Å². The third kappa shape index (κ3) is 3.61. The second-order valence-electron chi connectivity index (χ2n) is 6.41. The van der Waals surface area contributed by atoms with Crippen molar-refractivity contribution in [1.82, 2.24) is 4.90 Å². The lowest BCUT2D eigenvalue weighted by atomic mass is 10.2. The number of urea groups is 1. The molecule has 2 aromatic carbocycles. The molecule has 1 unspecified atom stereocenters. The highest BCUT2D eigenvalue weighted by Gasteiger charge is 2.46. The SMILES string of the molecule is Cc1ccc(N2C(=O)C(=O)N(C[NH+](C)Cc3ccc(Cl)cc3)C2=O)cc1. The largest absolute Gasteiger partial charge is 0.343 e. The molecule has 1 aliphatic rings. The number of benzene rings is 2. The number of nitrogens with zero attached hydrogens (tertiary/aromatic N) is 2. The van der Waals surface area contributed by atoms with Crippen LogP contribution in [0.3, 0.4) is 0 Å². The van der Waals surface area contributed by atoms with E-state index in [1.807, 2.05) is 26.1 Å². The number of rotatable bonds is 5. The van der Waals surface area contributed by atoms with Crippen molar-refractivity contribution >= 4 is 35.1 Å².